The van der Waals surface area contributed by atoms with Crippen LogP contribution in [0.4, 0.5) is 0 Å². The van der Waals surface area contributed by atoms with Crippen LogP contribution in [0.2, 0.25) is 0 Å². The summed E-state index contributed by atoms with van der Waals surface area (Å²) in [6, 6.07) is 3.25. The predicted octanol–water partition coefficient (Wildman–Crippen LogP) is 1.61. The van der Waals surface area contributed by atoms with Gasteiger partial charge in [-0.15, -0.1) is 0 Å². The number of aliphatic hydroxyl groups is 1. The molecule has 16 heavy (non-hydrogen) atoms. The van der Waals surface area contributed by atoms with E-state index in [0.717, 1.165) is 11.1 Å². The van der Waals surface area contributed by atoms with Gasteiger partial charge in [-0.1, -0.05) is 0 Å². The normalized spacial score (nSPS) is 12.2. The number of carbonyl (C=O) groups excluding carboxylic acids is 1. The molecular formula is C12H16O4. The van der Waals surface area contributed by atoms with E-state index in [2.05, 4.69) is 4.74 Å². The van der Waals surface area contributed by atoms with E-state index < -0.39 is 12.1 Å². The minimum Gasteiger partial charge on any atom is -0.508 e. The van der Waals surface area contributed by atoms with Crippen molar-refractivity contribution >= 4 is 5.97 Å². The second kappa shape index (κ2) is 4.99. The minimum absolute atomic E-state index is 0.000460. The van der Waals surface area contributed by atoms with Crippen molar-refractivity contribution in [2.24, 2.45) is 0 Å². The number of ether oxygens (including phenoxy) is 1. The van der Waals surface area contributed by atoms with Crippen molar-refractivity contribution < 1.29 is 19.7 Å². The highest BCUT2D eigenvalue weighted by Crippen LogP contribution is 2.29. The zero-order valence-electron chi connectivity index (χ0n) is 9.65. The van der Waals surface area contributed by atoms with E-state index in [1.165, 1.54) is 7.11 Å². The fourth-order valence-electron chi connectivity index (χ4n) is 1.44. The Morgan fingerprint density at radius 1 is 1.38 bits per heavy atom. The lowest BCUT2D eigenvalue weighted by atomic mass is 10.00. The average Bonchev–Trinajstić information content (AvgIpc) is 2.23. The molecule has 88 valence electrons. The summed E-state index contributed by atoms with van der Waals surface area (Å²) in [5.41, 5.74) is 2.25. The van der Waals surface area contributed by atoms with E-state index in [0.29, 0.717) is 5.56 Å². The van der Waals surface area contributed by atoms with Gasteiger partial charge in [0.1, 0.15) is 5.75 Å². The summed E-state index contributed by atoms with van der Waals surface area (Å²) in [5, 5.41) is 19.4. The third kappa shape index (κ3) is 2.73. The summed E-state index contributed by atoms with van der Waals surface area (Å²) in [4.78, 5) is 11.0. The Bertz CT molecular complexity index is 398. The molecule has 0 radical (unpaired) electrons. The quantitative estimate of drug-likeness (QED) is 0.765. The fraction of sp³-hybridized carbons (Fsp3) is 0.417. The topological polar surface area (TPSA) is 66.8 Å². The molecule has 1 atom stereocenters. The number of hydrogen-bond donors (Lipinski definition) is 2. The van der Waals surface area contributed by atoms with E-state index in [9.17, 15) is 15.0 Å². The second-order valence-electron chi connectivity index (χ2n) is 3.79. The first kappa shape index (κ1) is 12.5. The number of benzene rings is 1. The Morgan fingerprint density at radius 2 is 1.94 bits per heavy atom. The highest BCUT2D eigenvalue weighted by Gasteiger charge is 2.17. The number of hydrogen-bond acceptors (Lipinski definition) is 4. The molecule has 1 unspecified atom stereocenters. The van der Waals surface area contributed by atoms with Gasteiger partial charge in [-0.25, -0.2) is 0 Å². The van der Waals surface area contributed by atoms with Gasteiger partial charge in [0, 0.05) is 5.56 Å². The van der Waals surface area contributed by atoms with Crippen LogP contribution in [0.1, 0.15) is 29.2 Å². The van der Waals surface area contributed by atoms with Crippen LogP contribution in [0, 0.1) is 13.8 Å². The summed E-state index contributed by atoms with van der Waals surface area (Å²) < 4.78 is 4.46. The summed E-state index contributed by atoms with van der Waals surface area (Å²) >= 11 is 0. The summed E-state index contributed by atoms with van der Waals surface area (Å²) in [6.45, 7) is 3.74. The molecule has 1 aromatic rings. The van der Waals surface area contributed by atoms with Crippen molar-refractivity contribution in [2.75, 3.05) is 7.11 Å². The van der Waals surface area contributed by atoms with Gasteiger partial charge in [0.2, 0.25) is 0 Å². The monoisotopic (exact) mass is 224 g/mol. The van der Waals surface area contributed by atoms with Crippen LogP contribution < -0.4 is 0 Å². The molecule has 0 aliphatic carbocycles. The Morgan fingerprint density at radius 3 is 2.50 bits per heavy atom. The van der Waals surface area contributed by atoms with Crippen molar-refractivity contribution in [1.29, 1.82) is 0 Å². The van der Waals surface area contributed by atoms with Crippen LogP contribution in [0.5, 0.6) is 5.75 Å². The lowest BCUT2D eigenvalue weighted by Gasteiger charge is -2.13. The largest absolute Gasteiger partial charge is 0.508 e. The third-order valence-corrected chi connectivity index (χ3v) is 2.59. The molecule has 0 fully saturated rings. The van der Waals surface area contributed by atoms with Crippen LogP contribution in [-0.4, -0.2) is 23.3 Å². The number of methoxy groups -OCH3 is 1. The molecule has 0 bridgehead atoms. The van der Waals surface area contributed by atoms with E-state index in [1.54, 1.807) is 12.1 Å². The Kier molecular flexibility index (Phi) is 3.90. The molecule has 0 aliphatic heterocycles. The molecule has 0 spiro atoms. The van der Waals surface area contributed by atoms with Gasteiger partial charge >= 0.3 is 5.97 Å². The summed E-state index contributed by atoms with van der Waals surface area (Å²) in [7, 11) is 1.26. The smallest absolute Gasteiger partial charge is 0.308 e. The molecule has 0 saturated heterocycles. The van der Waals surface area contributed by atoms with Gasteiger partial charge in [0.05, 0.1) is 19.6 Å². The molecule has 4 nitrogen and oxygen atoms in total. The Hall–Kier alpha value is -1.55. The fourth-order valence-corrected chi connectivity index (χ4v) is 1.44. The lowest BCUT2D eigenvalue weighted by Crippen LogP contribution is -2.08. The van der Waals surface area contributed by atoms with Gasteiger partial charge in [-0.2, -0.15) is 0 Å². The second-order valence-corrected chi connectivity index (χ2v) is 3.79. The van der Waals surface area contributed by atoms with Crippen LogP contribution in [-0.2, 0) is 9.53 Å². The van der Waals surface area contributed by atoms with Crippen LogP contribution in [0.3, 0.4) is 0 Å². The number of aromatic hydroxyl groups is 1. The van der Waals surface area contributed by atoms with Crippen LogP contribution >= 0.6 is 0 Å². The molecule has 4 heteroatoms. The summed E-state index contributed by atoms with van der Waals surface area (Å²) in [6.07, 6.45) is -1.20. The molecule has 1 aromatic carbocycles. The van der Waals surface area contributed by atoms with E-state index in [1.807, 2.05) is 13.8 Å². The summed E-state index contributed by atoms with van der Waals surface area (Å²) in [5.74, 6) is -0.510. The van der Waals surface area contributed by atoms with Crippen molar-refractivity contribution in [2.45, 2.75) is 26.4 Å². The molecule has 0 aromatic heterocycles. The number of phenols is 1. The maximum atomic E-state index is 11.0. The molecule has 0 heterocycles. The third-order valence-electron chi connectivity index (χ3n) is 2.59. The predicted molar refractivity (Wildman–Crippen MR) is 59.2 cm³/mol. The number of esters is 1. The molecule has 0 saturated carbocycles. The van der Waals surface area contributed by atoms with Gasteiger partial charge in [-0.3, -0.25) is 4.79 Å². The molecule has 1 rings (SSSR count). The van der Waals surface area contributed by atoms with Crippen molar-refractivity contribution in [3.63, 3.8) is 0 Å². The maximum absolute atomic E-state index is 11.0. The average molecular weight is 224 g/mol. The first-order valence-corrected chi connectivity index (χ1v) is 5.00. The first-order valence-electron chi connectivity index (χ1n) is 5.00. The highest BCUT2D eigenvalue weighted by atomic mass is 16.5. The van der Waals surface area contributed by atoms with Crippen molar-refractivity contribution in [3.8, 4) is 5.75 Å². The van der Waals surface area contributed by atoms with Gasteiger partial charge < -0.3 is 14.9 Å². The molecule has 0 aliphatic rings. The zero-order valence-corrected chi connectivity index (χ0v) is 9.65. The number of carbonyl (C=O) groups is 1. The van der Waals surface area contributed by atoms with Gasteiger partial charge in [-0.05, 0) is 37.1 Å². The van der Waals surface area contributed by atoms with E-state index in [4.69, 9.17) is 0 Å². The van der Waals surface area contributed by atoms with E-state index >= 15 is 0 Å². The number of rotatable bonds is 3. The number of aryl methyl sites for hydroxylation is 2. The minimum atomic E-state index is -1.04. The van der Waals surface area contributed by atoms with Crippen molar-refractivity contribution in [3.05, 3.63) is 28.8 Å². The first-order chi connectivity index (χ1) is 7.45. The Balaban J connectivity index is 2.95. The van der Waals surface area contributed by atoms with E-state index in [-0.39, 0.29) is 12.2 Å². The number of aliphatic hydroxyl groups excluding tert-OH is 1. The zero-order chi connectivity index (χ0) is 12.3. The SMILES string of the molecule is COC(=O)CC(O)c1cc(C)c(C)cc1O. The van der Waals surface area contributed by atoms with Crippen LogP contribution in [0.25, 0.3) is 0 Å². The molecular weight excluding hydrogens is 208 g/mol. The highest BCUT2D eigenvalue weighted by molar-refractivity contribution is 5.70. The van der Waals surface area contributed by atoms with Gasteiger partial charge in [0.15, 0.2) is 0 Å². The van der Waals surface area contributed by atoms with Crippen molar-refractivity contribution in [1.82, 2.24) is 0 Å². The molecule has 0 amide bonds. The maximum Gasteiger partial charge on any atom is 0.308 e. The number of phenolic OH excluding ortho intramolecular Hbond substituents is 1. The standard InChI is InChI=1S/C12H16O4/c1-7-4-9(10(13)5-8(7)2)11(14)6-12(15)16-3/h4-5,11,13-14H,6H2,1-3H3. The van der Waals surface area contributed by atoms with Gasteiger partial charge in [0.25, 0.3) is 0 Å². The Labute approximate surface area is 94.5 Å². The molecule has 2 N–H and O–H groups in total. The van der Waals surface area contributed by atoms with Crippen LogP contribution in [0.15, 0.2) is 12.1 Å². The lowest BCUT2D eigenvalue weighted by molar-refractivity contribution is -0.142.